The molecule has 6 aromatic rings. The van der Waals surface area contributed by atoms with Gasteiger partial charge in [0.25, 0.3) is 0 Å². The second-order valence-corrected chi connectivity index (χ2v) is 21.8. The third kappa shape index (κ3) is 19.9. The van der Waals surface area contributed by atoms with E-state index in [0.717, 1.165) is 49.9 Å². The molecule has 0 amide bonds. The largest absolute Gasteiger partial charge is 3.00 e. The van der Waals surface area contributed by atoms with Gasteiger partial charge in [0.05, 0.1) is 0 Å². The van der Waals surface area contributed by atoms with Crippen LogP contribution in [-0.2, 0) is 26.5 Å². The van der Waals surface area contributed by atoms with Gasteiger partial charge >= 0.3 is 53.9 Å². The molecule has 4 aliphatic rings. The third-order valence-corrected chi connectivity index (χ3v) is 9.77. The maximum atomic E-state index is 4.94. The van der Waals surface area contributed by atoms with Gasteiger partial charge in [-0.1, -0.05) is 202 Å². The topological polar surface area (TPSA) is 46.7 Å². The zero-order valence-corrected chi connectivity index (χ0v) is 41.6. The Labute approximate surface area is 433 Å². The minimum Gasteiger partial charge on any atom is -0.679 e. The van der Waals surface area contributed by atoms with E-state index in [1.54, 1.807) is 0 Å². The zero-order chi connectivity index (χ0) is 44.0. The Morgan fingerprint density at radius 1 is 0.369 bits per heavy atom. The molecule has 10 rings (SSSR count). The summed E-state index contributed by atoms with van der Waals surface area (Å²) in [6.45, 7) is 14.6. The van der Waals surface area contributed by atoms with Gasteiger partial charge in [0.2, 0.25) is 0 Å². The van der Waals surface area contributed by atoms with Crippen LogP contribution in [0.15, 0.2) is 182 Å². The first kappa shape index (κ1) is 54.4. The molecule has 6 aromatic carbocycles. The normalized spacial score (nSPS) is 16.7. The van der Waals surface area contributed by atoms with Crippen LogP contribution in [0.5, 0.6) is 0 Å². The van der Waals surface area contributed by atoms with Crippen molar-refractivity contribution in [3.8, 4) is 0 Å². The fraction of sp³-hybridized carbons (Fsp3) is 0.190. The SMILES string of the molecule is C1CCOC1.C1CCOC1.[CH2-][Si](C)(C)C.[CH]1[C]([N-]c2ccccc2)[CH][C](c2ccccc2)[C]1c1ccccc1.[CH]1[C]([N-]c2ccccc2)[CH][C](c2ccccc2)[C]1c1ccccc1.[Fe+2].[Lu+3]. The molecule has 2 aliphatic heterocycles. The van der Waals surface area contributed by atoms with E-state index in [1.165, 1.54) is 71.6 Å². The molecule has 4 fully saturated rings. The van der Waals surface area contributed by atoms with Gasteiger partial charge in [-0.25, -0.2) is 0 Å². The Hall–Kier alpha value is -3.19. The summed E-state index contributed by atoms with van der Waals surface area (Å²) in [6.07, 6.45) is 13.8. The Bertz CT molecular complexity index is 1810. The van der Waals surface area contributed by atoms with E-state index in [2.05, 4.69) is 149 Å². The van der Waals surface area contributed by atoms with Gasteiger partial charge in [-0.05, 0) is 73.6 Å². The molecule has 0 unspecified atom stereocenters. The van der Waals surface area contributed by atoms with Crippen molar-refractivity contribution in [3.63, 3.8) is 0 Å². The number of benzene rings is 6. The Morgan fingerprint density at radius 2 is 0.569 bits per heavy atom. The number of para-hydroxylation sites is 2. The summed E-state index contributed by atoms with van der Waals surface area (Å²) in [5, 5.41) is 9.55. The first-order chi connectivity index (χ1) is 30.8. The second-order valence-electron chi connectivity index (χ2n) is 16.6. The van der Waals surface area contributed by atoms with E-state index < -0.39 is 8.07 Å². The number of rotatable bonds is 8. The first-order valence-corrected chi connectivity index (χ1v) is 25.9. The van der Waals surface area contributed by atoms with Crippen LogP contribution in [0, 0.1) is 105 Å². The molecule has 0 aromatic heterocycles. The zero-order valence-electron chi connectivity index (χ0n) is 37.8. The quantitative estimate of drug-likeness (QED) is 0.113. The molecule has 0 atom stereocenters. The van der Waals surface area contributed by atoms with E-state index in [1.807, 2.05) is 84.9 Å². The smallest absolute Gasteiger partial charge is 0.679 e. The fourth-order valence-corrected chi connectivity index (χ4v) is 6.86. The molecule has 0 N–H and O–H groups in total. The summed E-state index contributed by atoms with van der Waals surface area (Å²) >= 11 is 0. The Balaban J connectivity index is 0.000000211. The van der Waals surface area contributed by atoms with Crippen LogP contribution in [0.2, 0.25) is 19.6 Å². The second kappa shape index (κ2) is 30.2. The summed E-state index contributed by atoms with van der Waals surface area (Å²) in [7, 11) is -0.861. The average Bonchev–Trinajstić information content (AvgIpc) is 4.19. The summed E-state index contributed by atoms with van der Waals surface area (Å²) < 4.78 is 9.89. The van der Waals surface area contributed by atoms with Crippen molar-refractivity contribution in [2.75, 3.05) is 26.4 Å². The summed E-state index contributed by atoms with van der Waals surface area (Å²) in [4.78, 5) is 0. The van der Waals surface area contributed by atoms with E-state index in [0.29, 0.717) is 0 Å². The van der Waals surface area contributed by atoms with Crippen LogP contribution in [0.3, 0.4) is 0 Å². The molecule has 2 saturated carbocycles. The monoisotopic (exact) mass is 1080 g/mol. The number of ether oxygens (including phenoxy) is 2. The van der Waals surface area contributed by atoms with Crippen molar-refractivity contribution < 1.29 is 63.4 Å². The number of hydrogen-bond acceptors (Lipinski definition) is 2. The predicted molar refractivity (Wildman–Crippen MR) is 267 cm³/mol. The predicted octanol–water partition coefficient (Wildman–Crippen LogP) is 15.1. The molecule has 0 bridgehead atoms. The van der Waals surface area contributed by atoms with Gasteiger partial charge in [-0.15, -0.1) is 31.5 Å². The van der Waals surface area contributed by atoms with Crippen molar-refractivity contribution in [2.45, 2.75) is 45.3 Å². The molecule has 2 saturated heterocycles. The van der Waals surface area contributed by atoms with Crippen LogP contribution in [0.1, 0.15) is 47.9 Å². The minimum atomic E-state index is -0.861. The summed E-state index contributed by atoms with van der Waals surface area (Å²) in [5.74, 6) is 4.88. The summed E-state index contributed by atoms with van der Waals surface area (Å²) in [5.41, 5.74) is 6.80. The molecular formula is C58H61FeLuN2O2Si+2. The van der Waals surface area contributed by atoms with Crippen molar-refractivity contribution >= 4 is 19.4 Å². The van der Waals surface area contributed by atoms with Gasteiger partial charge in [0.15, 0.2) is 0 Å². The molecule has 2 aliphatic carbocycles. The van der Waals surface area contributed by atoms with Crippen molar-refractivity contribution in [1.29, 1.82) is 0 Å². The third-order valence-electron chi connectivity index (χ3n) is 9.77. The molecule has 2 heterocycles. The van der Waals surface area contributed by atoms with Gasteiger partial charge in [-0.3, -0.25) is 0 Å². The number of hydrogen-bond donors (Lipinski definition) is 0. The fourth-order valence-electron chi connectivity index (χ4n) is 6.86. The van der Waals surface area contributed by atoms with Crippen molar-refractivity contribution in [1.82, 2.24) is 0 Å². The van der Waals surface area contributed by atoms with Crippen LogP contribution in [0.4, 0.5) is 11.4 Å². The van der Waals surface area contributed by atoms with E-state index in [4.69, 9.17) is 20.1 Å². The molecule has 4 nitrogen and oxygen atoms in total. The Kier molecular flexibility index (Phi) is 25.3. The molecule has 65 heavy (non-hydrogen) atoms. The van der Waals surface area contributed by atoms with Gasteiger partial charge in [-0.2, -0.15) is 0 Å². The molecule has 10 radical (unpaired) electrons. The standard InChI is InChI=1S/2C23H17N.2C4H8O.C4H11Si.Fe.Lu/c2*1-4-10-18(11-5-1)22-16-21(24-20-14-8-3-9-15-20)17-23(22)19-12-6-2-7-13-19;2*1-2-4-5-3-1;1-5(2,3)4;;/h2*1-17H;2*1-4H2;1H2,2-4H3;;/q2*-1;;;-1;+2;+3. The van der Waals surface area contributed by atoms with Crippen LogP contribution in [0.25, 0.3) is 10.6 Å². The van der Waals surface area contributed by atoms with Crippen LogP contribution < -0.4 is 0 Å². The van der Waals surface area contributed by atoms with E-state index in [9.17, 15) is 0 Å². The van der Waals surface area contributed by atoms with E-state index in [-0.39, 0.29) is 53.9 Å². The molecule has 7 heteroatoms. The molecular weight excluding hydrogens is 1020 g/mol. The maximum absolute atomic E-state index is 4.94. The van der Waals surface area contributed by atoms with Crippen LogP contribution >= 0.6 is 0 Å². The summed E-state index contributed by atoms with van der Waals surface area (Å²) in [6, 6.07) is 64.1. The van der Waals surface area contributed by atoms with Gasteiger partial charge < -0.3 is 26.7 Å². The average molecular weight is 1080 g/mol. The van der Waals surface area contributed by atoms with Gasteiger partial charge in [0.1, 0.15) is 0 Å². The van der Waals surface area contributed by atoms with Gasteiger partial charge in [0, 0.05) is 50.1 Å². The van der Waals surface area contributed by atoms with E-state index >= 15 is 0 Å². The number of nitrogens with zero attached hydrogens (tertiary/aromatic N) is 2. The maximum Gasteiger partial charge on any atom is 3.00 e. The van der Waals surface area contributed by atoms with Crippen molar-refractivity contribution in [2.24, 2.45) is 0 Å². The first-order valence-electron chi connectivity index (χ1n) is 22.2. The molecule has 340 valence electrons. The van der Waals surface area contributed by atoms with Crippen LogP contribution in [-0.4, -0.2) is 34.5 Å². The van der Waals surface area contributed by atoms with Crippen molar-refractivity contribution in [3.05, 3.63) is 283 Å². The minimum absolute atomic E-state index is 0. The molecule has 0 spiro atoms. The Morgan fingerprint density at radius 3 is 0.754 bits per heavy atom.